The van der Waals surface area contributed by atoms with Crippen LogP contribution in [0.3, 0.4) is 0 Å². The lowest BCUT2D eigenvalue weighted by Crippen LogP contribution is -2.33. The van der Waals surface area contributed by atoms with Gasteiger partial charge in [0.05, 0.1) is 0 Å². The summed E-state index contributed by atoms with van der Waals surface area (Å²) in [6, 6.07) is 1.92. The van der Waals surface area contributed by atoms with Gasteiger partial charge in [0.25, 0.3) is 0 Å². The van der Waals surface area contributed by atoms with E-state index in [1.54, 1.807) is 6.20 Å². The van der Waals surface area contributed by atoms with Crippen LogP contribution in [0.4, 0.5) is 5.95 Å². The second-order valence-corrected chi connectivity index (χ2v) is 4.65. The number of aryl methyl sites for hydroxylation is 1. The first-order valence-corrected chi connectivity index (χ1v) is 5.96. The molecule has 1 fully saturated rings. The van der Waals surface area contributed by atoms with E-state index < -0.39 is 0 Å². The monoisotopic (exact) mass is 220 g/mol. The Morgan fingerprint density at radius 3 is 2.88 bits per heavy atom. The molecule has 2 heterocycles. The van der Waals surface area contributed by atoms with Crippen molar-refractivity contribution >= 4 is 5.95 Å². The van der Waals surface area contributed by atoms with Crippen LogP contribution in [0, 0.1) is 12.8 Å². The van der Waals surface area contributed by atoms with E-state index in [-0.39, 0.29) is 0 Å². The van der Waals surface area contributed by atoms with Crippen LogP contribution in [-0.4, -0.2) is 41.5 Å². The molecule has 0 unspecified atom stereocenters. The number of aromatic nitrogens is 2. The number of likely N-dealkylation sites (tertiary alicyclic amines) is 1. The molecule has 1 aliphatic heterocycles. The Bertz CT molecular complexity index is 332. The number of piperidine rings is 1. The van der Waals surface area contributed by atoms with Crippen molar-refractivity contribution in [3.8, 4) is 0 Å². The molecular weight excluding hydrogens is 200 g/mol. The molecule has 0 saturated carbocycles. The van der Waals surface area contributed by atoms with Gasteiger partial charge >= 0.3 is 0 Å². The zero-order valence-electron chi connectivity index (χ0n) is 10.1. The van der Waals surface area contributed by atoms with E-state index in [9.17, 15) is 0 Å². The number of nitrogens with one attached hydrogen (secondary N) is 1. The molecule has 1 saturated heterocycles. The molecule has 0 radical (unpaired) electrons. The van der Waals surface area contributed by atoms with Gasteiger partial charge in [-0.1, -0.05) is 0 Å². The lowest BCUT2D eigenvalue weighted by atomic mass is 9.97. The van der Waals surface area contributed by atoms with Gasteiger partial charge < -0.3 is 10.2 Å². The van der Waals surface area contributed by atoms with Crippen molar-refractivity contribution in [3.05, 3.63) is 18.0 Å². The van der Waals surface area contributed by atoms with Gasteiger partial charge in [0.15, 0.2) is 0 Å². The van der Waals surface area contributed by atoms with Crippen LogP contribution >= 0.6 is 0 Å². The number of anilines is 1. The molecule has 1 aromatic heterocycles. The summed E-state index contributed by atoms with van der Waals surface area (Å²) in [4.78, 5) is 10.9. The van der Waals surface area contributed by atoms with Crippen LogP contribution in [0.15, 0.2) is 12.3 Å². The predicted molar refractivity (Wildman–Crippen MR) is 65.5 cm³/mol. The van der Waals surface area contributed by atoms with Crippen molar-refractivity contribution < 1.29 is 0 Å². The minimum atomic E-state index is 0.763. The van der Waals surface area contributed by atoms with E-state index in [1.165, 1.54) is 25.9 Å². The highest BCUT2D eigenvalue weighted by molar-refractivity contribution is 5.24. The van der Waals surface area contributed by atoms with Crippen molar-refractivity contribution in [2.24, 2.45) is 5.92 Å². The molecule has 0 aliphatic carbocycles. The van der Waals surface area contributed by atoms with Crippen molar-refractivity contribution in [1.82, 2.24) is 14.9 Å². The minimum absolute atomic E-state index is 0.763. The molecule has 16 heavy (non-hydrogen) atoms. The molecule has 0 spiro atoms. The molecule has 4 heteroatoms. The van der Waals surface area contributed by atoms with E-state index in [1.807, 2.05) is 13.0 Å². The Hall–Kier alpha value is -1.16. The fourth-order valence-corrected chi connectivity index (χ4v) is 2.04. The smallest absolute Gasteiger partial charge is 0.222 e. The zero-order chi connectivity index (χ0) is 11.4. The van der Waals surface area contributed by atoms with Gasteiger partial charge in [0.1, 0.15) is 0 Å². The number of rotatable bonds is 3. The molecule has 1 N–H and O–H groups in total. The van der Waals surface area contributed by atoms with E-state index in [0.29, 0.717) is 0 Å². The molecule has 1 aliphatic rings. The maximum absolute atomic E-state index is 4.34. The van der Waals surface area contributed by atoms with Crippen LogP contribution in [-0.2, 0) is 0 Å². The predicted octanol–water partition coefficient (Wildman–Crippen LogP) is 1.54. The van der Waals surface area contributed by atoms with Gasteiger partial charge in [-0.25, -0.2) is 9.97 Å². The van der Waals surface area contributed by atoms with Crippen LogP contribution in [0.1, 0.15) is 18.5 Å². The van der Waals surface area contributed by atoms with Gasteiger partial charge in [-0.05, 0) is 51.9 Å². The summed E-state index contributed by atoms with van der Waals surface area (Å²) in [5.41, 5.74) is 1.01. The highest BCUT2D eigenvalue weighted by atomic mass is 15.1. The fourth-order valence-electron chi connectivity index (χ4n) is 2.04. The average Bonchev–Trinajstić information content (AvgIpc) is 2.28. The summed E-state index contributed by atoms with van der Waals surface area (Å²) in [6.07, 6.45) is 4.35. The maximum atomic E-state index is 4.34. The van der Waals surface area contributed by atoms with Crippen molar-refractivity contribution in [2.75, 3.05) is 32.0 Å². The van der Waals surface area contributed by atoms with E-state index in [4.69, 9.17) is 0 Å². The van der Waals surface area contributed by atoms with E-state index in [2.05, 4.69) is 27.2 Å². The molecule has 0 bridgehead atoms. The van der Waals surface area contributed by atoms with Crippen LogP contribution in [0.5, 0.6) is 0 Å². The van der Waals surface area contributed by atoms with Crippen molar-refractivity contribution in [1.29, 1.82) is 0 Å². The third-order valence-corrected chi connectivity index (χ3v) is 3.18. The molecule has 0 aromatic carbocycles. The molecule has 0 amide bonds. The van der Waals surface area contributed by atoms with Crippen LogP contribution in [0.25, 0.3) is 0 Å². The fraction of sp³-hybridized carbons (Fsp3) is 0.667. The van der Waals surface area contributed by atoms with Crippen molar-refractivity contribution in [2.45, 2.75) is 19.8 Å². The second-order valence-electron chi connectivity index (χ2n) is 4.65. The highest BCUT2D eigenvalue weighted by Gasteiger charge is 2.16. The first-order chi connectivity index (χ1) is 7.74. The number of nitrogens with zero attached hydrogens (tertiary/aromatic N) is 3. The quantitative estimate of drug-likeness (QED) is 0.839. The summed E-state index contributed by atoms with van der Waals surface area (Å²) in [7, 11) is 2.19. The lowest BCUT2D eigenvalue weighted by Gasteiger charge is -2.28. The lowest BCUT2D eigenvalue weighted by molar-refractivity contribution is 0.226. The topological polar surface area (TPSA) is 41.1 Å². The first kappa shape index (κ1) is 11.3. The third-order valence-electron chi connectivity index (χ3n) is 3.18. The second kappa shape index (κ2) is 5.25. The Balaban J connectivity index is 1.79. The first-order valence-electron chi connectivity index (χ1n) is 5.96. The molecule has 0 atom stereocenters. The standard InChI is InChI=1S/C12H20N4/c1-10-3-6-13-12(15-10)14-9-11-4-7-16(2)8-5-11/h3,6,11H,4-5,7-9H2,1-2H3,(H,13,14,15). The minimum Gasteiger partial charge on any atom is -0.354 e. The largest absolute Gasteiger partial charge is 0.354 e. The van der Waals surface area contributed by atoms with Crippen LogP contribution < -0.4 is 5.32 Å². The number of hydrogen-bond donors (Lipinski definition) is 1. The SMILES string of the molecule is Cc1ccnc(NCC2CCN(C)CC2)n1. The third kappa shape index (κ3) is 3.17. The summed E-state index contributed by atoms with van der Waals surface area (Å²) in [6.45, 7) is 5.40. The molecule has 2 rings (SSSR count). The zero-order valence-corrected chi connectivity index (χ0v) is 10.1. The maximum Gasteiger partial charge on any atom is 0.222 e. The Labute approximate surface area is 97.1 Å². The number of hydrogen-bond acceptors (Lipinski definition) is 4. The van der Waals surface area contributed by atoms with Gasteiger partial charge in [-0.3, -0.25) is 0 Å². The average molecular weight is 220 g/mol. The van der Waals surface area contributed by atoms with E-state index >= 15 is 0 Å². The van der Waals surface area contributed by atoms with Gasteiger partial charge in [0, 0.05) is 18.4 Å². The Morgan fingerprint density at radius 2 is 2.19 bits per heavy atom. The Morgan fingerprint density at radius 1 is 1.44 bits per heavy atom. The molecule has 1 aromatic rings. The summed E-state index contributed by atoms with van der Waals surface area (Å²) >= 11 is 0. The normalized spacial score (nSPS) is 18.6. The summed E-state index contributed by atoms with van der Waals surface area (Å²) in [5, 5.41) is 3.33. The Kier molecular flexibility index (Phi) is 3.72. The van der Waals surface area contributed by atoms with Gasteiger partial charge in [-0.15, -0.1) is 0 Å². The van der Waals surface area contributed by atoms with Gasteiger partial charge in [0.2, 0.25) is 5.95 Å². The molecular formula is C12H20N4. The molecule has 4 nitrogen and oxygen atoms in total. The van der Waals surface area contributed by atoms with Crippen molar-refractivity contribution in [3.63, 3.8) is 0 Å². The van der Waals surface area contributed by atoms with E-state index in [0.717, 1.165) is 24.1 Å². The van der Waals surface area contributed by atoms with Crippen LogP contribution in [0.2, 0.25) is 0 Å². The summed E-state index contributed by atoms with van der Waals surface area (Å²) in [5.74, 6) is 1.53. The molecule has 88 valence electrons. The van der Waals surface area contributed by atoms with Gasteiger partial charge in [-0.2, -0.15) is 0 Å². The highest BCUT2D eigenvalue weighted by Crippen LogP contribution is 2.16. The summed E-state index contributed by atoms with van der Waals surface area (Å²) < 4.78 is 0.